The molecule has 1 N–H and O–H groups in total. The molecular weight excluding hydrogens is 483 g/mol. The molecule has 8 heteroatoms. The van der Waals surface area contributed by atoms with E-state index in [0.29, 0.717) is 18.5 Å². The predicted molar refractivity (Wildman–Crippen MR) is 124 cm³/mol. The zero-order valence-corrected chi connectivity index (χ0v) is 19.8. The molecule has 0 amide bonds. The summed E-state index contributed by atoms with van der Waals surface area (Å²) in [6.45, 7) is 5.04. The van der Waals surface area contributed by atoms with Crippen molar-refractivity contribution in [2.75, 3.05) is 26.7 Å². The molecular formula is C21H33IN4O3. The number of hydrogen-bond acceptors (Lipinski definition) is 5. The number of piperidine rings is 1. The number of nitrogens with zero attached hydrogens (tertiary/aromatic N) is 3. The van der Waals surface area contributed by atoms with Crippen LogP contribution in [0.2, 0.25) is 0 Å². The number of methoxy groups -OCH3 is 1. The Labute approximate surface area is 190 Å². The number of esters is 1. The Kier molecular flexibility index (Phi) is 9.96. The fourth-order valence-corrected chi connectivity index (χ4v) is 3.84. The molecule has 0 spiro atoms. The van der Waals surface area contributed by atoms with E-state index in [9.17, 15) is 4.79 Å². The number of aliphatic imine (C=N–C) groups is 1. The molecule has 0 bridgehead atoms. The minimum absolute atomic E-state index is 0. The van der Waals surface area contributed by atoms with Crippen molar-refractivity contribution in [1.29, 1.82) is 0 Å². The number of pyridine rings is 1. The van der Waals surface area contributed by atoms with Crippen molar-refractivity contribution in [1.82, 2.24) is 15.2 Å². The summed E-state index contributed by atoms with van der Waals surface area (Å²) in [6.07, 6.45) is 8.53. The number of ether oxygens (including phenoxy) is 2. The van der Waals surface area contributed by atoms with Gasteiger partial charge in [-0.1, -0.05) is 6.07 Å². The summed E-state index contributed by atoms with van der Waals surface area (Å²) in [5.41, 5.74) is 1.05. The third kappa shape index (κ3) is 7.01. The number of aromatic nitrogens is 1. The number of guanidine groups is 1. The second-order valence-corrected chi connectivity index (χ2v) is 7.48. The maximum atomic E-state index is 11.7. The van der Waals surface area contributed by atoms with Crippen molar-refractivity contribution < 1.29 is 14.3 Å². The van der Waals surface area contributed by atoms with Gasteiger partial charge in [-0.3, -0.25) is 4.79 Å². The van der Waals surface area contributed by atoms with E-state index in [1.54, 1.807) is 0 Å². The van der Waals surface area contributed by atoms with Crippen molar-refractivity contribution in [3.63, 3.8) is 0 Å². The summed E-state index contributed by atoms with van der Waals surface area (Å²) >= 11 is 0. The SMILES string of the molecule is CCNC(=NCc1ccc(OC2CCCC2)nc1)N1CCC(C(=O)OC)CC1.I. The van der Waals surface area contributed by atoms with E-state index in [-0.39, 0.29) is 35.9 Å². The van der Waals surface area contributed by atoms with E-state index in [0.717, 1.165) is 56.8 Å². The van der Waals surface area contributed by atoms with E-state index < -0.39 is 0 Å². The largest absolute Gasteiger partial charge is 0.474 e. The normalized spacial score (nSPS) is 18.3. The number of rotatable bonds is 6. The van der Waals surface area contributed by atoms with Gasteiger partial charge in [-0.15, -0.1) is 24.0 Å². The predicted octanol–water partition coefficient (Wildman–Crippen LogP) is 3.37. The van der Waals surface area contributed by atoms with Gasteiger partial charge in [0.2, 0.25) is 5.88 Å². The molecule has 1 saturated heterocycles. The van der Waals surface area contributed by atoms with Gasteiger partial charge in [0.05, 0.1) is 19.6 Å². The second-order valence-electron chi connectivity index (χ2n) is 7.48. The summed E-state index contributed by atoms with van der Waals surface area (Å²) in [5, 5.41) is 3.35. The highest BCUT2D eigenvalue weighted by Gasteiger charge is 2.27. The van der Waals surface area contributed by atoms with Crippen LogP contribution in [-0.2, 0) is 16.1 Å². The highest BCUT2D eigenvalue weighted by atomic mass is 127. The van der Waals surface area contributed by atoms with Crippen LogP contribution in [0.3, 0.4) is 0 Å². The average molecular weight is 516 g/mol. The Morgan fingerprint density at radius 3 is 2.55 bits per heavy atom. The topological polar surface area (TPSA) is 76.1 Å². The molecule has 1 aromatic heterocycles. The molecule has 7 nitrogen and oxygen atoms in total. The second kappa shape index (κ2) is 12.2. The highest BCUT2D eigenvalue weighted by Crippen LogP contribution is 2.23. The van der Waals surface area contributed by atoms with Gasteiger partial charge in [0.1, 0.15) is 6.10 Å². The smallest absolute Gasteiger partial charge is 0.308 e. The van der Waals surface area contributed by atoms with Gasteiger partial charge in [-0.25, -0.2) is 9.98 Å². The lowest BCUT2D eigenvalue weighted by Gasteiger charge is -2.33. The Balaban J connectivity index is 0.00000300. The van der Waals surface area contributed by atoms with E-state index >= 15 is 0 Å². The van der Waals surface area contributed by atoms with E-state index in [1.807, 2.05) is 18.3 Å². The van der Waals surface area contributed by atoms with Crippen LogP contribution in [0.25, 0.3) is 0 Å². The van der Waals surface area contributed by atoms with Gasteiger partial charge >= 0.3 is 5.97 Å². The fraction of sp³-hybridized carbons (Fsp3) is 0.667. The Morgan fingerprint density at radius 2 is 1.97 bits per heavy atom. The van der Waals surface area contributed by atoms with Crippen molar-refractivity contribution in [3.8, 4) is 5.88 Å². The van der Waals surface area contributed by atoms with Crippen LogP contribution in [0, 0.1) is 5.92 Å². The van der Waals surface area contributed by atoms with Crippen molar-refractivity contribution in [2.24, 2.45) is 10.9 Å². The number of nitrogens with one attached hydrogen (secondary N) is 1. The molecule has 2 aliphatic rings. The molecule has 2 fully saturated rings. The number of likely N-dealkylation sites (tertiary alicyclic amines) is 1. The molecule has 29 heavy (non-hydrogen) atoms. The number of halogens is 1. The van der Waals surface area contributed by atoms with Gasteiger partial charge in [-0.05, 0) is 51.0 Å². The number of carbonyl (C=O) groups excluding carboxylic acids is 1. The Bertz CT molecular complexity index is 654. The first-order chi connectivity index (χ1) is 13.7. The van der Waals surface area contributed by atoms with Crippen LogP contribution in [0.1, 0.15) is 51.0 Å². The van der Waals surface area contributed by atoms with Gasteiger partial charge in [0.25, 0.3) is 0 Å². The van der Waals surface area contributed by atoms with Crippen LogP contribution < -0.4 is 10.1 Å². The third-order valence-electron chi connectivity index (χ3n) is 5.46. The molecule has 1 aromatic rings. The molecule has 2 heterocycles. The summed E-state index contributed by atoms with van der Waals surface area (Å²) in [4.78, 5) is 23.1. The van der Waals surface area contributed by atoms with Crippen LogP contribution in [-0.4, -0.2) is 54.7 Å². The molecule has 0 atom stereocenters. The quantitative estimate of drug-likeness (QED) is 0.271. The standard InChI is InChI=1S/C21H32N4O3.HI/c1-3-22-21(25-12-10-17(11-13-25)20(26)27-2)24-15-16-8-9-19(23-14-16)28-18-6-4-5-7-18;/h8-9,14,17-18H,3-7,10-13,15H2,1-2H3,(H,22,24);1H. The van der Waals surface area contributed by atoms with Crippen molar-refractivity contribution in [3.05, 3.63) is 23.9 Å². The molecule has 1 saturated carbocycles. The van der Waals surface area contributed by atoms with Gasteiger partial charge in [0, 0.05) is 31.9 Å². The highest BCUT2D eigenvalue weighted by molar-refractivity contribution is 14.0. The lowest BCUT2D eigenvalue weighted by molar-refractivity contribution is -0.146. The van der Waals surface area contributed by atoms with Gasteiger partial charge < -0.3 is 19.7 Å². The summed E-state index contributed by atoms with van der Waals surface area (Å²) in [6, 6.07) is 3.98. The van der Waals surface area contributed by atoms with E-state index in [1.165, 1.54) is 20.0 Å². The maximum Gasteiger partial charge on any atom is 0.308 e. The zero-order chi connectivity index (χ0) is 19.8. The Hall–Kier alpha value is -1.58. The van der Waals surface area contributed by atoms with Crippen LogP contribution >= 0.6 is 24.0 Å². The zero-order valence-electron chi connectivity index (χ0n) is 17.4. The van der Waals surface area contributed by atoms with Crippen LogP contribution in [0.4, 0.5) is 0 Å². The minimum atomic E-state index is -0.104. The molecule has 162 valence electrons. The van der Waals surface area contributed by atoms with Crippen LogP contribution in [0.15, 0.2) is 23.3 Å². The number of carbonyl (C=O) groups is 1. The monoisotopic (exact) mass is 516 g/mol. The third-order valence-corrected chi connectivity index (χ3v) is 5.46. The first-order valence-corrected chi connectivity index (χ1v) is 10.4. The van der Waals surface area contributed by atoms with E-state index in [2.05, 4.69) is 22.1 Å². The van der Waals surface area contributed by atoms with Crippen molar-refractivity contribution >= 4 is 35.9 Å². The first-order valence-electron chi connectivity index (χ1n) is 10.4. The molecule has 1 aliphatic carbocycles. The first kappa shape index (κ1) is 23.7. The summed E-state index contributed by atoms with van der Waals surface area (Å²) in [7, 11) is 1.46. The maximum absolute atomic E-state index is 11.7. The van der Waals surface area contributed by atoms with Crippen molar-refractivity contribution in [2.45, 2.75) is 58.1 Å². The summed E-state index contributed by atoms with van der Waals surface area (Å²) in [5.74, 6) is 1.49. The molecule has 0 radical (unpaired) electrons. The molecule has 3 rings (SSSR count). The van der Waals surface area contributed by atoms with E-state index in [4.69, 9.17) is 14.5 Å². The number of hydrogen-bond donors (Lipinski definition) is 1. The van der Waals surface area contributed by atoms with Gasteiger partial charge in [-0.2, -0.15) is 0 Å². The Morgan fingerprint density at radius 1 is 1.24 bits per heavy atom. The lowest BCUT2D eigenvalue weighted by atomic mass is 9.97. The molecule has 1 aliphatic heterocycles. The van der Waals surface area contributed by atoms with Crippen LogP contribution in [0.5, 0.6) is 5.88 Å². The summed E-state index contributed by atoms with van der Waals surface area (Å²) < 4.78 is 10.8. The molecule has 0 unspecified atom stereocenters. The molecule has 0 aromatic carbocycles. The average Bonchev–Trinajstić information content (AvgIpc) is 3.25. The lowest BCUT2D eigenvalue weighted by Crippen LogP contribution is -2.46. The van der Waals surface area contributed by atoms with Gasteiger partial charge in [0.15, 0.2) is 5.96 Å². The minimum Gasteiger partial charge on any atom is -0.474 e. The fourth-order valence-electron chi connectivity index (χ4n) is 3.84.